The Balaban J connectivity index is 3.22. The molecular weight excluding hydrogens is 212 g/mol. The van der Waals surface area contributed by atoms with Gasteiger partial charge in [-0.1, -0.05) is 29.8 Å². The van der Waals surface area contributed by atoms with E-state index < -0.39 is 10.8 Å². The molecule has 0 heterocycles. The molecule has 0 aliphatic carbocycles. The first-order valence-electron chi connectivity index (χ1n) is 3.61. The number of hydrogen-bond acceptors (Lipinski definition) is 1. The van der Waals surface area contributed by atoms with E-state index in [1.54, 1.807) is 0 Å². The molecule has 0 spiro atoms. The molecule has 0 rings (SSSR count). The zero-order valence-electron chi connectivity index (χ0n) is 6.60. The molecule has 3 heteroatoms. The van der Waals surface area contributed by atoms with Crippen LogP contribution in [-0.2, 0) is 10.8 Å². The van der Waals surface area contributed by atoms with Gasteiger partial charge in [-0.05, 0) is 12.8 Å². The van der Waals surface area contributed by atoms with E-state index in [1.165, 1.54) is 0 Å². The van der Waals surface area contributed by atoms with Crippen LogP contribution in [0.5, 0.6) is 0 Å². The first kappa shape index (κ1) is 10.6. The fourth-order valence-electron chi connectivity index (χ4n) is 0.575. The molecular formula is C7H15BrOS. The maximum atomic E-state index is 11.1. The molecule has 0 aliphatic heterocycles. The molecule has 10 heavy (non-hydrogen) atoms. The van der Waals surface area contributed by atoms with Crippen LogP contribution in [-0.4, -0.2) is 20.5 Å². The van der Waals surface area contributed by atoms with Gasteiger partial charge in [-0.2, -0.15) is 0 Å². The van der Waals surface area contributed by atoms with Gasteiger partial charge >= 0.3 is 0 Å². The lowest BCUT2D eigenvalue weighted by Crippen LogP contribution is -2.09. The SMILES string of the molecule is CC(C)S(=O)CCCCBr. The van der Waals surface area contributed by atoms with Gasteiger partial charge in [0.05, 0.1) is 0 Å². The number of rotatable bonds is 5. The van der Waals surface area contributed by atoms with Gasteiger partial charge in [-0.25, -0.2) is 0 Å². The van der Waals surface area contributed by atoms with Crippen LogP contribution in [0.25, 0.3) is 0 Å². The van der Waals surface area contributed by atoms with E-state index in [1.807, 2.05) is 13.8 Å². The Labute approximate surface area is 74.2 Å². The fraction of sp³-hybridized carbons (Fsp3) is 1.00. The Bertz CT molecular complexity index is 104. The summed E-state index contributed by atoms with van der Waals surface area (Å²) in [6.07, 6.45) is 2.22. The molecule has 1 atom stereocenters. The van der Waals surface area contributed by atoms with E-state index in [9.17, 15) is 4.21 Å². The fourth-order valence-corrected chi connectivity index (χ4v) is 1.93. The monoisotopic (exact) mass is 226 g/mol. The summed E-state index contributed by atoms with van der Waals surface area (Å²) < 4.78 is 11.1. The number of unbranched alkanes of at least 4 members (excludes halogenated alkanes) is 1. The summed E-state index contributed by atoms with van der Waals surface area (Å²) in [6, 6.07) is 0. The molecule has 1 unspecified atom stereocenters. The van der Waals surface area contributed by atoms with Crippen LogP contribution in [0.2, 0.25) is 0 Å². The number of halogens is 1. The maximum Gasteiger partial charge on any atom is 0.0291 e. The predicted molar refractivity (Wildman–Crippen MR) is 51.2 cm³/mol. The van der Waals surface area contributed by atoms with Crippen molar-refractivity contribution in [3.05, 3.63) is 0 Å². The van der Waals surface area contributed by atoms with E-state index in [0.717, 1.165) is 23.9 Å². The van der Waals surface area contributed by atoms with Crippen LogP contribution >= 0.6 is 15.9 Å². The molecule has 0 aromatic carbocycles. The van der Waals surface area contributed by atoms with Gasteiger partial charge in [0.1, 0.15) is 0 Å². The lowest BCUT2D eigenvalue weighted by Gasteiger charge is -2.03. The maximum absolute atomic E-state index is 11.1. The quantitative estimate of drug-likeness (QED) is 0.520. The standard InChI is InChI=1S/C7H15BrOS/c1-7(2)10(9)6-4-3-5-8/h7H,3-6H2,1-2H3. The molecule has 1 nitrogen and oxygen atoms in total. The molecule has 0 radical (unpaired) electrons. The molecule has 0 aliphatic rings. The Morgan fingerprint density at radius 1 is 1.40 bits per heavy atom. The summed E-state index contributed by atoms with van der Waals surface area (Å²) in [5.41, 5.74) is 0. The lowest BCUT2D eigenvalue weighted by molar-refractivity contribution is 0.673. The third-order valence-corrected chi connectivity index (χ3v) is 3.56. The first-order valence-corrected chi connectivity index (χ1v) is 6.12. The normalized spacial score (nSPS) is 14.0. The summed E-state index contributed by atoms with van der Waals surface area (Å²) >= 11 is 3.34. The molecule has 0 bridgehead atoms. The van der Waals surface area contributed by atoms with Crippen molar-refractivity contribution < 1.29 is 4.21 Å². The molecule has 62 valence electrons. The average molecular weight is 227 g/mol. The summed E-state index contributed by atoms with van der Waals surface area (Å²) in [5, 5.41) is 1.36. The number of hydrogen-bond donors (Lipinski definition) is 0. The van der Waals surface area contributed by atoms with Gasteiger partial charge < -0.3 is 0 Å². The minimum atomic E-state index is -0.594. The zero-order chi connectivity index (χ0) is 7.98. The second-order valence-electron chi connectivity index (χ2n) is 2.53. The van der Waals surface area contributed by atoms with Crippen molar-refractivity contribution in [3.63, 3.8) is 0 Å². The van der Waals surface area contributed by atoms with Crippen LogP contribution in [0.15, 0.2) is 0 Å². The van der Waals surface area contributed by atoms with Crippen molar-refractivity contribution in [1.29, 1.82) is 0 Å². The molecule has 0 aromatic rings. The van der Waals surface area contributed by atoms with E-state index in [2.05, 4.69) is 15.9 Å². The smallest absolute Gasteiger partial charge is 0.0291 e. The van der Waals surface area contributed by atoms with E-state index in [0.29, 0.717) is 5.25 Å². The summed E-state index contributed by atoms with van der Waals surface area (Å²) in [7, 11) is -0.594. The molecule has 0 saturated heterocycles. The van der Waals surface area contributed by atoms with Crippen LogP contribution in [0.3, 0.4) is 0 Å². The Morgan fingerprint density at radius 3 is 2.40 bits per heavy atom. The van der Waals surface area contributed by atoms with Crippen LogP contribution in [0.1, 0.15) is 26.7 Å². The van der Waals surface area contributed by atoms with Crippen molar-refractivity contribution in [2.75, 3.05) is 11.1 Å². The minimum Gasteiger partial charge on any atom is -0.259 e. The van der Waals surface area contributed by atoms with Crippen molar-refractivity contribution in [2.45, 2.75) is 31.9 Å². The molecule has 0 aromatic heterocycles. The Hall–Kier alpha value is 0.630. The first-order chi connectivity index (χ1) is 4.68. The van der Waals surface area contributed by atoms with Gasteiger partial charge in [0, 0.05) is 27.1 Å². The van der Waals surface area contributed by atoms with Crippen LogP contribution in [0, 0.1) is 0 Å². The van der Waals surface area contributed by atoms with E-state index in [-0.39, 0.29) is 0 Å². The third-order valence-electron chi connectivity index (χ3n) is 1.25. The van der Waals surface area contributed by atoms with Gasteiger partial charge in [0.25, 0.3) is 0 Å². The Kier molecular flexibility index (Phi) is 6.75. The van der Waals surface area contributed by atoms with Crippen molar-refractivity contribution in [3.8, 4) is 0 Å². The minimum absolute atomic E-state index is 0.329. The second-order valence-corrected chi connectivity index (χ2v) is 5.44. The summed E-state index contributed by atoms with van der Waals surface area (Å²) in [5.74, 6) is 0.864. The summed E-state index contributed by atoms with van der Waals surface area (Å²) in [6.45, 7) is 4.01. The van der Waals surface area contributed by atoms with Crippen LogP contribution < -0.4 is 0 Å². The highest BCUT2D eigenvalue weighted by atomic mass is 79.9. The zero-order valence-corrected chi connectivity index (χ0v) is 9.00. The van der Waals surface area contributed by atoms with Gasteiger partial charge in [-0.3, -0.25) is 4.21 Å². The van der Waals surface area contributed by atoms with Gasteiger partial charge in [-0.15, -0.1) is 0 Å². The Morgan fingerprint density at radius 2 is 2.00 bits per heavy atom. The highest BCUT2D eigenvalue weighted by molar-refractivity contribution is 9.09. The average Bonchev–Trinajstić information content (AvgIpc) is 1.88. The van der Waals surface area contributed by atoms with Crippen molar-refractivity contribution in [2.24, 2.45) is 0 Å². The second kappa shape index (κ2) is 6.35. The topological polar surface area (TPSA) is 17.1 Å². The summed E-state index contributed by atoms with van der Waals surface area (Å²) in [4.78, 5) is 0. The lowest BCUT2D eigenvalue weighted by atomic mass is 10.4. The molecule has 0 N–H and O–H groups in total. The van der Waals surface area contributed by atoms with Crippen molar-refractivity contribution >= 4 is 26.7 Å². The molecule has 0 fully saturated rings. The van der Waals surface area contributed by atoms with E-state index in [4.69, 9.17) is 0 Å². The third kappa shape index (κ3) is 5.42. The number of alkyl halides is 1. The van der Waals surface area contributed by atoms with Crippen LogP contribution in [0.4, 0.5) is 0 Å². The molecule has 0 saturated carbocycles. The highest BCUT2D eigenvalue weighted by Gasteiger charge is 2.02. The largest absolute Gasteiger partial charge is 0.259 e. The predicted octanol–water partition coefficient (Wildman–Crippen LogP) is 2.32. The van der Waals surface area contributed by atoms with E-state index >= 15 is 0 Å². The highest BCUT2D eigenvalue weighted by Crippen LogP contribution is 2.00. The van der Waals surface area contributed by atoms with Crippen molar-refractivity contribution in [1.82, 2.24) is 0 Å². The molecule has 0 amide bonds. The van der Waals surface area contributed by atoms with Gasteiger partial charge in [0.2, 0.25) is 0 Å². The van der Waals surface area contributed by atoms with Gasteiger partial charge in [0.15, 0.2) is 0 Å².